The molecule has 6 heteroatoms. The van der Waals surface area contributed by atoms with E-state index in [9.17, 15) is 4.79 Å². The number of hydrogen-bond acceptors (Lipinski definition) is 5. The van der Waals surface area contributed by atoms with Gasteiger partial charge in [-0.25, -0.2) is 14.8 Å². The molecule has 3 rings (SSSR count). The minimum atomic E-state index is -0.932. The predicted octanol–water partition coefficient (Wildman–Crippen LogP) is 4.05. The van der Waals surface area contributed by atoms with Crippen LogP contribution in [0.3, 0.4) is 0 Å². The first-order chi connectivity index (χ1) is 11.7. The maximum atomic E-state index is 10.9. The molecule has 1 heterocycles. The normalized spacial score (nSPS) is 15.5. The molecule has 1 aliphatic carbocycles. The molecule has 0 spiro atoms. The van der Waals surface area contributed by atoms with E-state index in [1.807, 2.05) is 6.07 Å². The van der Waals surface area contributed by atoms with Crippen molar-refractivity contribution in [3.8, 4) is 0 Å². The molecule has 0 atom stereocenters. The van der Waals surface area contributed by atoms with Gasteiger partial charge in [-0.1, -0.05) is 25.7 Å². The summed E-state index contributed by atoms with van der Waals surface area (Å²) in [5.74, 6) is 0.573. The van der Waals surface area contributed by atoms with Crippen LogP contribution >= 0.6 is 0 Å². The Hall–Kier alpha value is -2.63. The van der Waals surface area contributed by atoms with Gasteiger partial charge in [-0.3, -0.25) is 0 Å². The van der Waals surface area contributed by atoms with Gasteiger partial charge in [-0.2, -0.15) is 0 Å². The first-order valence-electron chi connectivity index (χ1n) is 8.40. The van der Waals surface area contributed by atoms with E-state index in [1.54, 1.807) is 24.3 Å². The number of rotatable bonds is 5. The minimum Gasteiger partial charge on any atom is -0.478 e. The molecule has 0 unspecified atom stereocenters. The summed E-state index contributed by atoms with van der Waals surface area (Å²) >= 11 is 0. The fourth-order valence-electron chi connectivity index (χ4n) is 2.98. The van der Waals surface area contributed by atoms with Gasteiger partial charge in [0.2, 0.25) is 0 Å². The molecule has 0 bridgehead atoms. The lowest BCUT2D eigenvalue weighted by molar-refractivity contribution is 0.0697. The van der Waals surface area contributed by atoms with E-state index < -0.39 is 5.97 Å². The van der Waals surface area contributed by atoms with E-state index in [4.69, 9.17) is 5.11 Å². The van der Waals surface area contributed by atoms with Gasteiger partial charge >= 0.3 is 5.97 Å². The van der Waals surface area contributed by atoms with Crippen molar-refractivity contribution in [2.24, 2.45) is 0 Å². The number of anilines is 3. The van der Waals surface area contributed by atoms with Crippen LogP contribution in [0.5, 0.6) is 0 Å². The molecule has 0 amide bonds. The van der Waals surface area contributed by atoms with Crippen molar-refractivity contribution in [3.05, 3.63) is 42.2 Å². The number of nitrogens with zero attached hydrogens (tertiary/aromatic N) is 2. The standard InChI is InChI=1S/C18H22N4O2/c23-18(24)13-7-9-15(10-8-13)22-17-11-16(19-12-20-17)21-14-5-3-1-2-4-6-14/h7-12,14H,1-6H2,(H,23,24)(H2,19,20,21,22). The molecule has 1 aliphatic rings. The first kappa shape index (κ1) is 16.2. The lowest BCUT2D eigenvalue weighted by Gasteiger charge is -2.17. The van der Waals surface area contributed by atoms with Crippen LogP contribution in [0, 0.1) is 0 Å². The highest BCUT2D eigenvalue weighted by molar-refractivity contribution is 5.88. The number of carbonyl (C=O) groups is 1. The second-order valence-electron chi connectivity index (χ2n) is 6.13. The molecular weight excluding hydrogens is 304 g/mol. The van der Waals surface area contributed by atoms with Crippen molar-refractivity contribution < 1.29 is 9.90 Å². The van der Waals surface area contributed by atoms with Crippen LogP contribution in [0.2, 0.25) is 0 Å². The van der Waals surface area contributed by atoms with Gasteiger partial charge in [0.25, 0.3) is 0 Å². The third-order valence-corrected chi connectivity index (χ3v) is 4.28. The van der Waals surface area contributed by atoms with Gasteiger partial charge in [-0.05, 0) is 37.1 Å². The summed E-state index contributed by atoms with van der Waals surface area (Å²) in [5, 5.41) is 15.6. The molecule has 1 fully saturated rings. The molecular formula is C18H22N4O2. The lowest BCUT2D eigenvalue weighted by atomic mass is 10.1. The Morgan fingerprint density at radius 3 is 2.33 bits per heavy atom. The number of nitrogens with one attached hydrogen (secondary N) is 2. The lowest BCUT2D eigenvalue weighted by Crippen LogP contribution is -2.19. The van der Waals surface area contributed by atoms with Gasteiger partial charge in [0.05, 0.1) is 5.56 Å². The number of benzene rings is 1. The number of carboxylic acid groups (broad SMARTS) is 1. The quantitative estimate of drug-likeness (QED) is 0.718. The SMILES string of the molecule is O=C(O)c1ccc(Nc2cc(NC3CCCCCC3)ncn2)cc1. The largest absolute Gasteiger partial charge is 0.478 e. The third kappa shape index (κ3) is 4.44. The van der Waals surface area contributed by atoms with E-state index in [2.05, 4.69) is 20.6 Å². The summed E-state index contributed by atoms with van der Waals surface area (Å²) < 4.78 is 0. The van der Waals surface area contributed by atoms with Crippen LogP contribution in [0.15, 0.2) is 36.7 Å². The van der Waals surface area contributed by atoms with Gasteiger partial charge in [-0.15, -0.1) is 0 Å². The Morgan fingerprint density at radius 1 is 1.00 bits per heavy atom. The fraction of sp³-hybridized carbons (Fsp3) is 0.389. The Bertz CT molecular complexity index is 680. The van der Waals surface area contributed by atoms with E-state index in [0.717, 1.165) is 11.5 Å². The topological polar surface area (TPSA) is 87.1 Å². The smallest absolute Gasteiger partial charge is 0.335 e. The summed E-state index contributed by atoms with van der Waals surface area (Å²) in [4.78, 5) is 19.4. The van der Waals surface area contributed by atoms with Gasteiger partial charge < -0.3 is 15.7 Å². The molecule has 3 N–H and O–H groups in total. The van der Waals surface area contributed by atoms with E-state index >= 15 is 0 Å². The number of aromatic nitrogens is 2. The average molecular weight is 326 g/mol. The van der Waals surface area contributed by atoms with Crippen molar-refractivity contribution in [1.82, 2.24) is 9.97 Å². The Labute approximate surface area is 141 Å². The van der Waals surface area contributed by atoms with Crippen LogP contribution in [-0.4, -0.2) is 27.1 Å². The van der Waals surface area contributed by atoms with E-state index in [1.165, 1.54) is 44.9 Å². The summed E-state index contributed by atoms with van der Waals surface area (Å²) in [7, 11) is 0. The Kier molecular flexibility index (Phi) is 5.25. The summed E-state index contributed by atoms with van der Waals surface area (Å²) in [6, 6.07) is 8.95. The molecule has 126 valence electrons. The van der Waals surface area contributed by atoms with Crippen LogP contribution in [0.1, 0.15) is 48.9 Å². The van der Waals surface area contributed by atoms with Gasteiger partial charge in [0.1, 0.15) is 18.0 Å². The zero-order chi connectivity index (χ0) is 16.8. The maximum Gasteiger partial charge on any atom is 0.335 e. The van der Waals surface area contributed by atoms with Crippen molar-refractivity contribution in [1.29, 1.82) is 0 Å². The van der Waals surface area contributed by atoms with Crippen LogP contribution in [0.25, 0.3) is 0 Å². The summed E-state index contributed by atoms with van der Waals surface area (Å²) in [6.07, 6.45) is 9.08. The first-order valence-corrected chi connectivity index (χ1v) is 8.40. The number of aromatic carboxylic acids is 1. The van der Waals surface area contributed by atoms with Gasteiger partial charge in [0, 0.05) is 17.8 Å². The summed E-state index contributed by atoms with van der Waals surface area (Å²) in [5.41, 5.74) is 1.05. The van der Waals surface area contributed by atoms with Gasteiger partial charge in [0.15, 0.2) is 0 Å². The van der Waals surface area contributed by atoms with Crippen molar-refractivity contribution >= 4 is 23.3 Å². The molecule has 24 heavy (non-hydrogen) atoms. The van der Waals surface area contributed by atoms with Crippen LogP contribution < -0.4 is 10.6 Å². The van der Waals surface area contributed by atoms with Crippen molar-refractivity contribution in [2.45, 2.75) is 44.6 Å². The molecule has 6 nitrogen and oxygen atoms in total. The molecule has 0 aliphatic heterocycles. The average Bonchev–Trinajstić information content (AvgIpc) is 2.84. The molecule has 0 radical (unpaired) electrons. The molecule has 1 aromatic heterocycles. The molecule has 2 aromatic rings. The van der Waals surface area contributed by atoms with Crippen LogP contribution in [-0.2, 0) is 0 Å². The molecule has 0 saturated heterocycles. The zero-order valence-electron chi connectivity index (χ0n) is 13.5. The predicted molar refractivity (Wildman–Crippen MR) is 93.8 cm³/mol. The number of carboxylic acids is 1. The summed E-state index contributed by atoms with van der Waals surface area (Å²) in [6.45, 7) is 0. The zero-order valence-corrected chi connectivity index (χ0v) is 13.5. The Morgan fingerprint density at radius 2 is 1.67 bits per heavy atom. The second kappa shape index (κ2) is 7.77. The van der Waals surface area contributed by atoms with E-state index in [-0.39, 0.29) is 5.56 Å². The molecule has 1 saturated carbocycles. The maximum absolute atomic E-state index is 10.9. The Balaban J connectivity index is 1.65. The highest BCUT2D eigenvalue weighted by atomic mass is 16.4. The van der Waals surface area contributed by atoms with Crippen molar-refractivity contribution in [3.63, 3.8) is 0 Å². The number of hydrogen-bond donors (Lipinski definition) is 3. The van der Waals surface area contributed by atoms with Crippen LogP contribution in [0.4, 0.5) is 17.3 Å². The minimum absolute atomic E-state index is 0.263. The van der Waals surface area contributed by atoms with E-state index in [0.29, 0.717) is 11.9 Å². The monoisotopic (exact) mass is 326 g/mol. The highest BCUT2D eigenvalue weighted by Gasteiger charge is 2.12. The highest BCUT2D eigenvalue weighted by Crippen LogP contribution is 2.22. The fourth-order valence-corrected chi connectivity index (χ4v) is 2.98. The van der Waals surface area contributed by atoms with Crippen molar-refractivity contribution in [2.75, 3.05) is 10.6 Å². The third-order valence-electron chi connectivity index (χ3n) is 4.28. The second-order valence-corrected chi connectivity index (χ2v) is 6.13. The molecule has 1 aromatic carbocycles.